The van der Waals surface area contributed by atoms with E-state index in [1.165, 1.54) is 4.57 Å². The second kappa shape index (κ2) is 8.14. The van der Waals surface area contributed by atoms with Gasteiger partial charge in [-0.1, -0.05) is 6.92 Å². The van der Waals surface area contributed by atoms with E-state index in [0.29, 0.717) is 16.6 Å². The Morgan fingerprint density at radius 3 is 2.77 bits per heavy atom. The molecule has 4 rings (SSSR count). The number of piperidine rings is 1. The molecule has 0 N–H and O–H groups in total. The molecule has 30 heavy (non-hydrogen) atoms. The second-order valence-corrected chi connectivity index (χ2v) is 8.30. The van der Waals surface area contributed by atoms with Crippen LogP contribution in [-0.4, -0.2) is 32.5 Å². The van der Waals surface area contributed by atoms with Gasteiger partial charge in [-0.05, 0) is 49.3 Å². The summed E-state index contributed by atoms with van der Waals surface area (Å²) < 4.78 is 30.1. The third-order valence-corrected chi connectivity index (χ3v) is 6.51. The molecule has 1 aliphatic heterocycles. The number of benzene rings is 1. The summed E-state index contributed by atoms with van der Waals surface area (Å²) in [6.45, 7) is 2.38. The SMILES string of the molecule is CCC1CCCCN1C(=O)Cn1c(=O)n(-c2cc(F)ccc2F)c(=O)c2sccc21. The van der Waals surface area contributed by atoms with Gasteiger partial charge in [0, 0.05) is 18.7 Å². The number of carbonyl (C=O) groups is 1. The summed E-state index contributed by atoms with van der Waals surface area (Å²) in [5.74, 6) is -1.89. The Bertz CT molecular complexity index is 1230. The van der Waals surface area contributed by atoms with Crippen molar-refractivity contribution in [3.63, 3.8) is 0 Å². The maximum absolute atomic E-state index is 14.4. The minimum atomic E-state index is -0.897. The van der Waals surface area contributed by atoms with Crippen LogP contribution in [0.3, 0.4) is 0 Å². The van der Waals surface area contributed by atoms with Crippen molar-refractivity contribution >= 4 is 27.5 Å². The van der Waals surface area contributed by atoms with Gasteiger partial charge in [0.15, 0.2) is 0 Å². The standard InChI is InChI=1S/C21H21F2N3O3S/c1-2-14-5-3-4-9-24(14)18(27)12-25-16-8-10-30-19(16)20(28)26(21(25)29)17-11-13(22)6-7-15(17)23/h6-8,10-11,14H,2-5,9,12H2,1H3. The average Bonchev–Trinajstić information content (AvgIpc) is 3.23. The van der Waals surface area contributed by atoms with Crippen molar-refractivity contribution in [1.82, 2.24) is 14.0 Å². The van der Waals surface area contributed by atoms with Gasteiger partial charge in [-0.25, -0.2) is 18.1 Å². The number of nitrogens with zero attached hydrogens (tertiary/aromatic N) is 3. The van der Waals surface area contributed by atoms with Crippen LogP contribution in [0.15, 0.2) is 39.2 Å². The first kappa shape index (κ1) is 20.5. The summed E-state index contributed by atoms with van der Waals surface area (Å²) in [5, 5.41) is 1.63. The topological polar surface area (TPSA) is 64.3 Å². The summed E-state index contributed by atoms with van der Waals surface area (Å²) in [4.78, 5) is 40.9. The quantitative estimate of drug-likeness (QED) is 0.634. The molecule has 1 fully saturated rings. The molecular formula is C21H21F2N3O3S. The van der Waals surface area contributed by atoms with Gasteiger partial charge in [0.25, 0.3) is 5.56 Å². The third kappa shape index (κ3) is 3.47. The first-order valence-electron chi connectivity index (χ1n) is 9.90. The predicted octanol–water partition coefficient (Wildman–Crippen LogP) is 3.28. The number of hydrogen-bond acceptors (Lipinski definition) is 4. The molecule has 9 heteroatoms. The van der Waals surface area contributed by atoms with Crippen LogP contribution in [0, 0.1) is 11.6 Å². The summed E-state index contributed by atoms with van der Waals surface area (Å²) in [6, 6.07) is 4.30. The number of carbonyl (C=O) groups excluding carboxylic acids is 1. The molecule has 2 aromatic heterocycles. The number of thiophene rings is 1. The molecule has 0 bridgehead atoms. The Kier molecular flexibility index (Phi) is 5.55. The molecule has 0 saturated carbocycles. The zero-order chi connectivity index (χ0) is 21.4. The summed E-state index contributed by atoms with van der Waals surface area (Å²) >= 11 is 1.09. The van der Waals surface area contributed by atoms with Crippen LogP contribution in [0.25, 0.3) is 15.9 Å². The zero-order valence-electron chi connectivity index (χ0n) is 16.4. The van der Waals surface area contributed by atoms with Crippen molar-refractivity contribution in [3.05, 3.63) is 62.1 Å². The van der Waals surface area contributed by atoms with Crippen LogP contribution >= 0.6 is 11.3 Å². The second-order valence-electron chi connectivity index (χ2n) is 7.38. The number of halogens is 2. The van der Waals surface area contributed by atoms with E-state index in [9.17, 15) is 23.2 Å². The molecule has 1 aromatic carbocycles. The van der Waals surface area contributed by atoms with Gasteiger partial charge in [-0.2, -0.15) is 0 Å². The number of hydrogen-bond donors (Lipinski definition) is 0. The fourth-order valence-electron chi connectivity index (χ4n) is 4.09. The van der Waals surface area contributed by atoms with E-state index in [2.05, 4.69) is 0 Å². The van der Waals surface area contributed by atoms with Crippen LogP contribution in [0.2, 0.25) is 0 Å². The monoisotopic (exact) mass is 433 g/mol. The summed E-state index contributed by atoms with van der Waals surface area (Å²) in [6.07, 6.45) is 3.70. The van der Waals surface area contributed by atoms with E-state index in [0.717, 1.165) is 55.2 Å². The van der Waals surface area contributed by atoms with Gasteiger partial charge in [0.05, 0.1) is 11.2 Å². The van der Waals surface area contributed by atoms with Gasteiger partial charge in [-0.3, -0.25) is 14.2 Å². The highest BCUT2D eigenvalue weighted by Crippen LogP contribution is 2.21. The maximum Gasteiger partial charge on any atom is 0.336 e. The molecule has 3 heterocycles. The lowest BCUT2D eigenvalue weighted by atomic mass is 10.00. The first-order chi connectivity index (χ1) is 14.4. The minimum Gasteiger partial charge on any atom is -0.338 e. The molecule has 6 nitrogen and oxygen atoms in total. The van der Waals surface area contributed by atoms with Crippen LogP contribution in [0.4, 0.5) is 8.78 Å². The molecule has 1 aliphatic rings. The van der Waals surface area contributed by atoms with E-state index in [1.54, 1.807) is 16.3 Å². The van der Waals surface area contributed by atoms with E-state index in [-0.39, 0.29) is 23.2 Å². The Hall–Kier alpha value is -2.81. The molecule has 3 aromatic rings. The van der Waals surface area contributed by atoms with Gasteiger partial charge in [0.1, 0.15) is 22.9 Å². The number of aromatic nitrogens is 2. The zero-order valence-corrected chi connectivity index (χ0v) is 17.3. The lowest BCUT2D eigenvalue weighted by Gasteiger charge is -2.35. The normalized spacial score (nSPS) is 16.9. The van der Waals surface area contributed by atoms with E-state index < -0.39 is 28.6 Å². The third-order valence-electron chi connectivity index (χ3n) is 5.62. The summed E-state index contributed by atoms with van der Waals surface area (Å²) in [7, 11) is 0. The average molecular weight is 433 g/mol. The van der Waals surface area contributed by atoms with Crippen molar-refractivity contribution in [2.24, 2.45) is 0 Å². The first-order valence-corrected chi connectivity index (χ1v) is 10.8. The minimum absolute atomic E-state index is 0.117. The smallest absolute Gasteiger partial charge is 0.336 e. The van der Waals surface area contributed by atoms with Gasteiger partial charge < -0.3 is 4.90 Å². The number of amides is 1. The highest BCUT2D eigenvalue weighted by atomic mass is 32.1. The van der Waals surface area contributed by atoms with E-state index >= 15 is 0 Å². The van der Waals surface area contributed by atoms with E-state index in [1.807, 2.05) is 6.92 Å². The highest BCUT2D eigenvalue weighted by Gasteiger charge is 2.27. The van der Waals surface area contributed by atoms with Gasteiger partial charge >= 0.3 is 5.69 Å². The fourth-order valence-corrected chi connectivity index (χ4v) is 4.91. The van der Waals surface area contributed by atoms with Crippen molar-refractivity contribution in [2.45, 2.75) is 45.2 Å². The van der Waals surface area contributed by atoms with Gasteiger partial charge in [-0.15, -0.1) is 11.3 Å². The van der Waals surface area contributed by atoms with Crippen molar-refractivity contribution in [1.29, 1.82) is 0 Å². The molecule has 0 spiro atoms. The molecule has 1 amide bonds. The Labute approximate surface area is 175 Å². The number of rotatable bonds is 4. The van der Waals surface area contributed by atoms with Crippen molar-refractivity contribution in [3.8, 4) is 5.69 Å². The van der Waals surface area contributed by atoms with Gasteiger partial charge in [0.2, 0.25) is 5.91 Å². The molecule has 1 atom stereocenters. The molecule has 0 aliphatic carbocycles. The van der Waals surface area contributed by atoms with Crippen LogP contribution < -0.4 is 11.2 Å². The van der Waals surface area contributed by atoms with Crippen molar-refractivity contribution < 1.29 is 13.6 Å². The molecule has 1 unspecified atom stereocenters. The molecule has 158 valence electrons. The van der Waals surface area contributed by atoms with Crippen LogP contribution in [0.5, 0.6) is 0 Å². The predicted molar refractivity (Wildman–Crippen MR) is 111 cm³/mol. The van der Waals surface area contributed by atoms with Crippen molar-refractivity contribution in [2.75, 3.05) is 6.54 Å². The number of fused-ring (bicyclic) bond motifs is 1. The molecule has 0 radical (unpaired) electrons. The fraction of sp³-hybridized carbons (Fsp3) is 0.381. The molecular weight excluding hydrogens is 412 g/mol. The summed E-state index contributed by atoms with van der Waals surface area (Å²) in [5.41, 5.74) is -1.75. The largest absolute Gasteiger partial charge is 0.338 e. The lowest BCUT2D eigenvalue weighted by molar-refractivity contribution is -0.135. The Morgan fingerprint density at radius 1 is 1.20 bits per heavy atom. The highest BCUT2D eigenvalue weighted by molar-refractivity contribution is 7.17. The number of likely N-dealkylation sites (tertiary alicyclic amines) is 1. The lowest BCUT2D eigenvalue weighted by Crippen LogP contribution is -2.47. The maximum atomic E-state index is 14.4. The van der Waals surface area contributed by atoms with E-state index in [4.69, 9.17) is 0 Å². The Morgan fingerprint density at radius 2 is 2.00 bits per heavy atom. The van der Waals surface area contributed by atoms with Crippen LogP contribution in [0.1, 0.15) is 32.6 Å². The Balaban J connectivity index is 1.86. The van der Waals surface area contributed by atoms with Crippen LogP contribution in [-0.2, 0) is 11.3 Å². The molecule has 1 saturated heterocycles.